The number of hydrogen-bond donors (Lipinski definition) is 3. The highest BCUT2D eigenvalue weighted by Crippen LogP contribution is 2.16. The molecular formula is C12H15FN2O2S. The van der Waals surface area contributed by atoms with Crippen LogP contribution in [0.25, 0.3) is 0 Å². The number of thiocarbonyl (C=S) groups is 1. The molecule has 4 nitrogen and oxygen atoms in total. The molecule has 1 aromatic rings. The van der Waals surface area contributed by atoms with Gasteiger partial charge in [0, 0.05) is 18.0 Å². The molecule has 0 unspecified atom stereocenters. The molecule has 0 fully saturated rings. The van der Waals surface area contributed by atoms with Gasteiger partial charge in [-0.25, -0.2) is 4.39 Å². The van der Waals surface area contributed by atoms with Crippen LogP contribution in [0, 0.1) is 11.2 Å². The van der Waals surface area contributed by atoms with Crippen molar-refractivity contribution in [2.45, 2.75) is 13.8 Å². The number of phenols is 1. The first-order chi connectivity index (χ1) is 8.24. The summed E-state index contributed by atoms with van der Waals surface area (Å²) in [6.45, 7) is 3.77. The van der Waals surface area contributed by atoms with Crippen LogP contribution in [0.15, 0.2) is 18.2 Å². The normalized spacial score (nSPS) is 11.1. The van der Waals surface area contributed by atoms with Crippen LogP contribution in [0.2, 0.25) is 0 Å². The summed E-state index contributed by atoms with van der Waals surface area (Å²) >= 11 is 4.86. The number of phenolic OH excluding ortho intramolecular Hbond substituents is 1. The van der Waals surface area contributed by atoms with Gasteiger partial charge in [-0.2, -0.15) is 0 Å². The molecule has 6 heteroatoms. The summed E-state index contributed by atoms with van der Waals surface area (Å²) in [4.78, 5) is 12.0. The minimum Gasteiger partial charge on any atom is -0.508 e. The number of carbonyl (C=O) groups is 1. The zero-order valence-corrected chi connectivity index (χ0v) is 11.0. The number of amides is 1. The molecule has 98 valence electrons. The first-order valence-corrected chi connectivity index (χ1v) is 5.71. The highest BCUT2D eigenvalue weighted by Gasteiger charge is 2.23. The zero-order chi connectivity index (χ0) is 13.9. The fraction of sp³-hybridized carbons (Fsp3) is 0.333. The SMILES string of the molecule is CC(C)(CNC(=O)c1ccc(O)cc1F)C(N)=S. The van der Waals surface area contributed by atoms with Crippen molar-refractivity contribution in [3.63, 3.8) is 0 Å². The van der Waals surface area contributed by atoms with E-state index in [9.17, 15) is 9.18 Å². The first kappa shape index (κ1) is 14.4. The molecule has 1 aromatic carbocycles. The molecule has 4 N–H and O–H groups in total. The second kappa shape index (κ2) is 5.30. The third-order valence-corrected chi connectivity index (χ3v) is 3.11. The Morgan fingerprint density at radius 3 is 2.67 bits per heavy atom. The van der Waals surface area contributed by atoms with Gasteiger partial charge < -0.3 is 16.2 Å². The Morgan fingerprint density at radius 2 is 2.17 bits per heavy atom. The Labute approximate surface area is 110 Å². The van der Waals surface area contributed by atoms with Gasteiger partial charge in [0.1, 0.15) is 11.6 Å². The quantitative estimate of drug-likeness (QED) is 0.726. The van der Waals surface area contributed by atoms with Crippen molar-refractivity contribution in [1.29, 1.82) is 0 Å². The van der Waals surface area contributed by atoms with Crippen molar-refractivity contribution in [3.05, 3.63) is 29.6 Å². The van der Waals surface area contributed by atoms with Gasteiger partial charge in [0.2, 0.25) is 0 Å². The number of rotatable bonds is 4. The molecular weight excluding hydrogens is 255 g/mol. The van der Waals surface area contributed by atoms with Crippen LogP contribution in [0.5, 0.6) is 5.75 Å². The van der Waals surface area contributed by atoms with E-state index in [1.54, 1.807) is 13.8 Å². The standard InChI is InChI=1S/C12H15FN2O2S/c1-12(2,11(14)18)6-15-10(17)8-4-3-7(16)5-9(8)13/h3-5,16H,6H2,1-2H3,(H2,14,18)(H,15,17). The molecule has 0 aromatic heterocycles. The Kier molecular flexibility index (Phi) is 4.24. The Morgan fingerprint density at radius 1 is 1.56 bits per heavy atom. The van der Waals surface area contributed by atoms with Crippen LogP contribution in [-0.4, -0.2) is 22.5 Å². The summed E-state index contributed by atoms with van der Waals surface area (Å²) in [5, 5.41) is 11.6. The lowest BCUT2D eigenvalue weighted by Gasteiger charge is -2.23. The molecule has 1 rings (SSSR count). The lowest BCUT2D eigenvalue weighted by Crippen LogP contribution is -2.41. The van der Waals surface area contributed by atoms with Crippen LogP contribution in [0.4, 0.5) is 4.39 Å². The van der Waals surface area contributed by atoms with E-state index in [-0.39, 0.29) is 22.8 Å². The Bertz CT molecular complexity index is 489. The predicted molar refractivity (Wildman–Crippen MR) is 71.0 cm³/mol. The number of halogens is 1. The summed E-state index contributed by atoms with van der Waals surface area (Å²) in [5.74, 6) is -1.58. The minimum atomic E-state index is -0.777. The fourth-order valence-corrected chi connectivity index (χ4v) is 1.24. The summed E-state index contributed by atoms with van der Waals surface area (Å²) in [6.07, 6.45) is 0. The van der Waals surface area contributed by atoms with E-state index in [4.69, 9.17) is 23.1 Å². The van der Waals surface area contributed by atoms with E-state index in [2.05, 4.69) is 5.32 Å². The van der Waals surface area contributed by atoms with Gasteiger partial charge in [0.15, 0.2) is 0 Å². The third-order valence-electron chi connectivity index (χ3n) is 2.56. The number of nitrogens with two attached hydrogens (primary N) is 1. The van der Waals surface area contributed by atoms with Gasteiger partial charge in [-0.3, -0.25) is 4.79 Å². The van der Waals surface area contributed by atoms with Gasteiger partial charge in [-0.15, -0.1) is 0 Å². The second-order valence-corrected chi connectivity index (χ2v) is 5.03. The number of benzene rings is 1. The highest BCUT2D eigenvalue weighted by atomic mass is 32.1. The molecule has 0 aliphatic carbocycles. The molecule has 0 radical (unpaired) electrons. The number of hydrogen-bond acceptors (Lipinski definition) is 3. The van der Waals surface area contributed by atoms with E-state index in [1.807, 2.05) is 0 Å². The highest BCUT2D eigenvalue weighted by molar-refractivity contribution is 7.80. The average molecular weight is 270 g/mol. The summed E-state index contributed by atoms with van der Waals surface area (Å²) < 4.78 is 13.4. The van der Waals surface area contributed by atoms with Gasteiger partial charge >= 0.3 is 0 Å². The topological polar surface area (TPSA) is 75.3 Å². The van der Waals surface area contributed by atoms with Crippen LogP contribution in [-0.2, 0) is 0 Å². The summed E-state index contributed by atoms with van der Waals surface area (Å²) in [5.41, 5.74) is 4.84. The van der Waals surface area contributed by atoms with E-state index >= 15 is 0 Å². The van der Waals surface area contributed by atoms with Gasteiger partial charge in [-0.05, 0) is 12.1 Å². The van der Waals surface area contributed by atoms with Gasteiger partial charge in [0.05, 0.1) is 10.6 Å². The molecule has 0 aliphatic heterocycles. The molecule has 1 amide bonds. The van der Waals surface area contributed by atoms with E-state index < -0.39 is 17.1 Å². The molecule has 0 aliphatic rings. The van der Waals surface area contributed by atoms with Crippen molar-refractivity contribution in [2.24, 2.45) is 11.1 Å². The van der Waals surface area contributed by atoms with Crippen molar-refractivity contribution in [3.8, 4) is 5.75 Å². The molecule has 0 bridgehead atoms. The fourth-order valence-electron chi connectivity index (χ4n) is 1.17. The monoisotopic (exact) mass is 270 g/mol. The molecule has 18 heavy (non-hydrogen) atoms. The zero-order valence-electron chi connectivity index (χ0n) is 10.2. The molecule has 0 saturated heterocycles. The second-order valence-electron chi connectivity index (χ2n) is 4.59. The number of nitrogens with one attached hydrogen (secondary N) is 1. The molecule has 0 atom stereocenters. The summed E-state index contributed by atoms with van der Waals surface area (Å²) in [6, 6.07) is 3.35. The van der Waals surface area contributed by atoms with Crippen molar-refractivity contribution in [1.82, 2.24) is 5.32 Å². The van der Waals surface area contributed by atoms with Crippen LogP contribution < -0.4 is 11.1 Å². The summed E-state index contributed by atoms with van der Waals surface area (Å²) in [7, 11) is 0. The molecule has 0 saturated carbocycles. The van der Waals surface area contributed by atoms with E-state index in [0.29, 0.717) is 0 Å². The predicted octanol–water partition coefficient (Wildman–Crippen LogP) is 1.57. The lowest BCUT2D eigenvalue weighted by atomic mass is 9.93. The smallest absolute Gasteiger partial charge is 0.254 e. The Balaban J connectivity index is 2.75. The number of aromatic hydroxyl groups is 1. The average Bonchev–Trinajstić information content (AvgIpc) is 2.25. The largest absolute Gasteiger partial charge is 0.508 e. The van der Waals surface area contributed by atoms with Gasteiger partial charge in [0.25, 0.3) is 5.91 Å². The molecule has 0 spiro atoms. The Hall–Kier alpha value is -1.69. The van der Waals surface area contributed by atoms with Gasteiger partial charge in [-0.1, -0.05) is 26.1 Å². The minimum absolute atomic E-state index is 0.133. The lowest BCUT2D eigenvalue weighted by molar-refractivity contribution is 0.0941. The maximum atomic E-state index is 13.4. The van der Waals surface area contributed by atoms with Crippen molar-refractivity contribution < 1.29 is 14.3 Å². The van der Waals surface area contributed by atoms with Crippen LogP contribution in [0.3, 0.4) is 0 Å². The third kappa shape index (κ3) is 3.40. The maximum absolute atomic E-state index is 13.4. The van der Waals surface area contributed by atoms with Crippen LogP contribution in [0.1, 0.15) is 24.2 Å². The van der Waals surface area contributed by atoms with Crippen LogP contribution >= 0.6 is 12.2 Å². The maximum Gasteiger partial charge on any atom is 0.254 e. The number of carbonyl (C=O) groups excluding carboxylic acids is 1. The first-order valence-electron chi connectivity index (χ1n) is 5.30. The van der Waals surface area contributed by atoms with Crippen molar-refractivity contribution >= 4 is 23.1 Å². The van der Waals surface area contributed by atoms with Crippen molar-refractivity contribution in [2.75, 3.05) is 6.54 Å². The molecule has 0 heterocycles. The van der Waals surface area contributed by atoms with E-state index in [0.717, 1.165) is 6.07 Å². The van der Waals surface area contributed by atoms with E-state index in [1.165, 1.54) is 12.1 Å².